The van der Waals surface area contributed by atoms with Gasteiger partial charge in [0.2, 0.25) is 0 Å². The fraction of sp³-hybridized carbons (Fsp3) is 0.368. The smallest absolute Gasteiger partial charge is 0.160 e. The summed E-state index contributed by atoms with van der Waals surface area (Å²) in [6, 6.07) is 14.7. The Morgan fingerprint density at radius 1 is 0.955 bits per heavy atom. The largest absolute Gasteiger partial charge is 0.493 e. The molecule has 1 atom stereocenters. The second-order valence-corrected chi connectivity index (χ2v) is 6.00. The van der Waals surface area contributed by atoms with Crippen LogP contribution in [0.5, 0.6) is 11.5 Å². The molecule has 2 rings (SSSR count). The Labute approximate surface area is 133 Å². The summed E-state index contributed by atoms with van der Waals surface area (Å²) in [7, 11) is 3.30. The van der Waals surface area contributed by atoms with Crippen molar-refractivity contribution in [2.24, 2.45) is 5.73 Å². The second-order valence-electron chi connectivity index (χ2n) is 6.00. The van der Waals surface area contributed by atoms with Gasteiger partial charge in [0.15, 0.2) is 11.5 Å². The lowest BCUT2D eigenvalue weighted by atomic mass is 9.77. The first kappa shape index (κ1) is 16.4. The van der Waals surface area contributed by atoms with Gasteiger partial charge in [-0.2, -0.15) is 0 Å². The van der Waals surface area contributed by atoms with Crippen LogP contribution >= 0.6 is 0 Å². The van der Waals surface area contributed by atoms with Crippen molar-refractivity contribution in [2.45, 2.75) is 25.7 Å². The van der Waals surface area contributed by atoms with Gasteiger partial charge in [0.1, 0.15) is 0 Å². The van der Waals surface area contributed by atoms with Crippen molar-refractivity contribution in [3.8, 4) is 11.5 Å². The van der Waals surface area contributed by atoms with Gasteiger partial charge < -0.3 is 15.2 Å². The highest BCUT2D eigenvalue weighted by atomic mass is 16.5. The van der Waals surface area contributed by atoms with Crippen molar-refractivity contribution in [1.29, 1.82) is 0 Å². The number of hydrogen-bond donors (Lipinski definition) is 1. The summed E-state index contributed by atoms with van der Waals surface area (Å²) in [5, 5.41) is 0. The van der Waals surface area contributed by atoms with Gasteiger partial charge in [-0.1, -0.05) is 42.8 Å². The Hall–Kier alpha value is -2.00. The summed E-state index contributed by atoms with van der Waals surface area (Å²) in [6.45, 7) is 4.89. The summed E-state index contributed by atoms with van der Waals surface area (Å²) < 4.78 is 10.7. The van der Waals surface area contributed by atoms with Crippen LogP contribution in [0.15, 0.2) is 42.5 Å². The van der Waals surface area contributed by atoms with Gasteiger partial charge in [0.25, 0.3) is 0 Å². The molecular weight excluding hydrogens is 274 g/mol. The van der Waals surface area contributed by atoms with Crippen LogP contribution < -0.4 is 15.2 Å². The molecule has 2 aromatic carbocycles. The number of nitrogens with two attached hydrogens (primary N) is 1. The van der Waals surface area contributed by atoms with Gasteiger partial charge in [0, 0.05) is 12.0 Å². The van der Waals surface area contributed by atoms with Gasteiger partial charge in [-0.05, 0) is 36.6 Å². The Bertz CT molecular complexity index is 622. The molecule has 0 radical (unpaired) electrons. The van der Waals surface area contributed by atoms with Crippen molar-refractivity contribution in [2.75, 3.05) is 20.8 Å². The fourth-order valence-corrected chi connectivity index (χ4v) is 2.69. The molecule has 0 amide bonds. The average molecular weight is 299 g/mol. The third-order valence-corrected chi connectivity index (χ3v) is 4.24. The van der Waals surface area contributed by atoms with Crippen LogP contribution in [-0.2, 0) is 11.8 Å². The molecule has 0 aliphatic heterocycles. The van der Waals surface area contributed by atoms with Crippen molar-refractivity contribution in [3.63, 3.8) is 0 Å². The highest BCUT2D eigenvalue weighted by molar-refractivity contribution is 5.44. The van der Waals surface area contributed by atoms with Crippen molar-refractivity contribution in [1.82, 2.24) is 0 Å². The zero-order chi connectivity index (χ0) is 16.2. The van der Waals surface area contributed by atoms with Gasteiger partial charge in [-0.25, -0.2) is 0 Å². The summed E-state index contributed by atoms with van der Waals surface area (Å²) in [5.41, 5.74) is 9.70. The van der Waals surface area contributed by atoms with E-state index in [2.05, 4.69) is 44.2 Å². The lowest BCUT2D eigenvalue weighted by molar-refractivity contribution is 0.354. The molecule has 0 spiro atoms. The van der Waals surface area contributed by atoms with Gasteiger partial charge in [0.05, 0.1) is 14.2 Å². The van der Waals surface area contributed by atoms with E-state index in [0.717, 1.165) is 17.9 Å². The fourth-order valence-electron chi connectivity index (χ4n) is 2.69. The minimum absolute atomic E-state index is 0.104. The number of aryl methyl sites for hydroxylation is 1. The molecule has 2 N–H and O–H groups in total. The Balaban J connectivity index is 2.31. The van der Waals surface area contributed by atoms with E-state index in [0.29, 0.717) is 6.54 Å². The van der Waals surface area contributed by atoms with E-state index in [4.69, 9.17) is 15.2 Å². The van der Waals surface area contributed by atoms with E-state index in [1.165, 1.54) is 16.7 Å². The minimum Gasteiger partial charge on any atom is -0.493 e. The first-order valence-corrected chi connectivity index (χ1v) is 7.50. The molecule has 0 bridgehead atoms. The molecule has 0 aromatic heterocycles. The lowest BCUT2D eigenvalue weighted by Gasteiger charge is -2.29. The third-order valence-electron chi connectivity index (χ3n) is 4.24. The predicted octanol–water partition coefficient (Wildman–Crippen LogP) is 3.47. The van der Waals surface area contributed by atoms with Gasteiger partial charge in [-0.15, -0.1) is 0 Å². The van der Waals surface area contributed by atoms with E-state index in [1.807, 2.05) is 12.1 Å². The van der Waals surface area contributed by atoms with Crippen LogP contribution in [0.2, 0.25) is 0 Å². The average Bonchev–Trinajstić information content (AvgIpc) is 2.55. The molecule has 118 valence electrons. The van der Waals surface area contributed by atoms with E-state index in [9.17, 15) is 0 Å². The molecule has 3 heteroatoms. The highest BCUT2D eigenvalue weighted by Crippen LogP contribution is 2.32. The molecule has 22 heavy (non-hydrogen) atoms. The zero-order valence-corrected chi connectivity index (χ0v) is 13.8. The molecule has 3 nitrogen and oxygen atoms in total. The first-order valence-electron chi connectivity index (χ1n) is 7.50. The maximum atomic E-state index is 6.10. The number of hydrogen-bond acceptors (Lipinski definition) is 3. The molecule has 0 saturated carbocycles. The Morgan fingerprint density at radius 3 is 2.14 bits per heavy atom. The van der Waals surface area contributed by atoms with Crippen LogP contribution in [0.4, 0.5) is 0 Å². The monoisotopic (exact) mass is 299 g/mol. The van der Waals surface area contributed by atoms with Gasteiger partial charge >= 0.3 is 0 Å². The van der Waals surface area contributed by atoms with Crippen LogP contribution in [0, 0.1) is 6.92 Å². The van der Waals surface area contributed by atoms with E-state index in [1.54, 1.807) is 14.2 Å². The molecule has 1 unspecified atom stereocenters. The molecule has 0 aliphatic rings. The number of methoxy groups -OCH3 is 2. The van der Waals surface area contributed by atoms with Crippen LogP contribution in [0.25, 0.3) is 0 Å². The molecule has 0 aliphatic carbocycles. The van der Waals surface area contributed by atoms with E-state index in [-0.39, 0.29) is 5.41 Å². The van der Waals surface area contributed by atoms with Crippen molar-refractivity contribution in [3.05, 3.63) is 59.2 Å². The maximum absolute atomic E-state index is 6.10. The lowest BCUT2D eigenvalue weighted by Crippen LogP contribution is -2.34. The zero-order valence-electron chi connectivity index (χ0n) is 13.8. The minimum atomic E-state index is -0.104. The SMILES string of the molecule is COc1ccc(CC(C)(CN)c2ccc(C)cc2)cc1OC. The number of benzene rings is 2. The Morgan fingerprint density at radius 2 is 1.59 bits per heavy atom. The summed E-state index contributed by atoms with van der Waals surface area (Å²) in [5.74, 6) is 1.50. The second kappa shape index (κ2) is 6.84. The van der Waals surface area contributed by atoms with Crippen LogP contribution in [0.3, 0.4) is 0 Å². The van der Waals surface area contributed by atoms with Crippen LogP contribution in [-0.4, -0.2) is 20.8 Å². The molecule has 0 heterocycles. The van der Waals surface area contributed by atoms with E-state index >= 15 is 0 Å². The standard InChI is InChI=1S/C19H25NO2/c1-14-5-8-16(9-6-14)19(2,13-20)12-15-7-10-17(21-3)18(11-15)22-4/h5-11H,12-13,20H2,1-4H3. The Kier molecular flexibility index (Phi) is 5.09. The quantitative estimate of drug-likeness (QED) is 0.888. The van der Waals surface area contributed by atoms with Crippen LogP contribution in [0.1, 0.15) is 23.6 Å². The molecule has 2 aromatic rings. The summed E-state index contributed by atoms with van der Waals surface area (Å²) in [6.07, 6.45) is 0.854. The predicted molar refractivity (Wildman–Crippen MR) is 90.8 cm³/mol. The summed E-state index contributed by atoms with van der Waals surface area (Å²) >= 11 is 0. The van der Waals surface area contributed by atoms with Crippen molar-refractivity contribution >= 4 is 0 Å². The first-order chi connectivity index (χ1) is 10.5. The number of rotatable bonds is 6. The molecule has 0 saturated heterocycles. The molecule has 0 fully saturated rings. The third kappa shape index (κ3) is 3.42. The van der Waals surface area contributed by atoms with Crippen molar-refractivity contribution < 1.29 is 9.47 Å². The van der Waals surface area contributed by atoms with E-state index < -0.39 is 0 Å². The molecular formula is C19H25NO2. The number of ether oxygens (including phenoxy) is 2. The highest BCUT2D eigenvalue weighted by Gasteiger charge is 2.25. The summed E-state index contributed by atoms with van der Waals surface area (Å²) in [4.78, 5) is 0. The normalized spacial score (nSPS) is 13.5. The van der Waals surface area contributed by atoms with Gasteiger partial charge in [-0.3, -0.25) is 0 Å². The topological polar surface area (TPSA) is 44.5 Å². The maximum Gasteiger partial charge on any atom is 0.160 e.